The molecule has 1 saturated heterocycles. The van der Waals surface area contributed by atoms with E-state index in [1.165, 1.54) is 24.5 Å². The van der Waals surface area contributed by atoms with Gasteiger partial charge in [-0.15, -0.1) is 11.3 Å². The Morgan fingerprint density at radius 3 is 2.76 bits per heavy atom. The van der Waals surface area contributed by atoms with E-state index in [9.17, 15) is 9.18 Å². The van der Waals surface area contributed by atoms with E-state index in [4.69, 9.17) is 24.2 Å². The van der Waals surface area contributed by atoms with Crippen molar-refractivity contribution in [2.45, 2.75) is 33.4 Å². The Labute approximate surface area is 202 Å². The van der Waals surface area contributed by atoms with Crippen LogP contribution in [0, 0.1) is 12.7 Å². The number of nitrogens with one attached hydrogen (secondary N) is 1. The highest BCUT2D eigenvalue weighted by atomic mass is 32.1. The smallest absolute Gasteiger partial charge is 0.348 e. The maximum atomic E-state index is 14.3. The second kappa shape index (κ2) is 10.6. The molecule has 0 spiro atoms. The molecule has 3 heterocycles. The lowest BCUT2D eigenvalue weighted by Crippen LogP contribution is -2.36. The highest BCUT2D eigenvalue weighted by Crippen LogP contribution is 2.36. The fourth-order valence-electron chi connectivity index (χ4n) is 3.95. The summed E-state index contributed by atoms with van der Waals surface area (Å²) in [5.74, 6) is 0.670. The van der Waals surface area contributed by atoms with Crippen LogP contribution >= 0.6 is 11.3 Å². The molecule has 1 aliphatic rings. The summed E-state index contributed by atoms with van der Waals surface area (Å²) in [6, 6.07) is 4.63. The van der Waals surface area contributed by atoms with Crippen LogP contribution in [0.15, 0.2) is 18.2 Å². The zero-order valence-electron chi connectivity index (χ0n) is 19.8. The molecule has 182 valence electrons. The van der Waals surface area contributed by atoms with Crippen molar-refractivity contribution in [2.24, 2.45) is 0 Å². The second-order valence-corrected chi connectivity index (χ2v) is 9.09. The number of esters is 1. The predicted molar refractivity (Wildman–Crippen MR) is 129 cm³/mol. The molecule has 0 unspecified atom stereocenters. The van der Waals surface area contributed by atoms with Crippen molar-refractivity contribution in [3.63, 3.8) is 0 Å². The molecule has 1 aliphatic heterocycles. The number of morpholine rings is 1. The van der Waals surface area contributed by atoms with Gasteiger partial charge in [-0.1, -0.05) is 6.07 Å². The number of rotatable bonds is 8. The van der Waals surface area contributed by atoms with Gasteiger partial charge >= 0.3 is 5.97 Å². The molecule has 0 saturated carbocycles. The lowest BCUT2D eigenvalue weighted by molar-refractivity contribution is 0.0331. The summed E-state index contributed by atoms with van der Waals surface area (Å²) in [4.78, 5) is 25.6. The van der Waals surface area contributed by atoms with Crippen molar-refractivity contribution >= 4 is 33.3 Å². The fraction of sp³-hybridized carbons (Fsp3) is 0.458. The van der Waals surface area contributed by atoms with Gasteiger partial charge in [0.25, 0.3) is 0 Å². The Bertz CT molecular complexity index is 1180. The summed E-state index contributed by atoms with van der Waals surface area (Å²) in [6.07, 6.45) is 0. The summed E-state index contributed by atoms with van der Waals surface area (Å²) >= 11 is 1.31. The van der Waals surface area contributed by atoms with Crippen LogP contribution in [0.1, 0.15) is 46.5 Å². The van der Waals surface area contributed by atoms with Crippen molar-refractivity contribution in [3.05, 3.63) is 45.8 Å². The van der Waals surface area contributed by atoms with E-state index >= 15 is 0 Å². The number of benzene rings is 1. The van der Waals surface area contributed by atoms with Crippen LogP contribution in [0.4, 0.5) is 10.2 Å². The van der Waals surface area contributed by atoms with E-state index in [0.717, 1.165) is 34.4 Å². The zero-order valence-corrected chi connectivity index (χ0v) is 20.6. The van der Waals surface area contributed by atoms with Crippen molar-refractivity contribution in [1.29, 1.82) is 0 Å². The van der Waals surface area contributed by atoms with Crippen molar-refractivity contribution in [2.75, 3.05) is 45.3 Å². The first kappa shape index (κ1) is 24.3. The third-order valence-corrected chi connectivity index (χ3v) is 6.96. The van der Waals surface area contributed by atoms with Gasteiger partial charge in [0.15, 0.2) is 11.6 Å². The van der Waals surface area contributed by atoms with Gasteiger partial charge in [0, 0.05) is 13.1 Å². The van der Waals surface area contributed by atoms with Gasteiger partial charge in [0.1, 0.15) is 21.3 Å². The molecule has 3 aromatic rings. The standard InChI is InChI=1S/C24H29FN4O4S/c1-5-33-24(30)21-14(2)20-22(26-15(3)16-6-7-18(31-4)17(25)12-16)27-19(28-23(20)34-21)13-29-8-10-32-11-9-29/h6-7,12,15H,5,8-11,13H2,1-4H3,(H,26,27,28)/t15-/m0/s1. The molecule has 8 nitrogen and oxygen atoms in total. The van der Waals surface area contributed by atoms with Gasteiger partial charge < -0.3 is 19.5 Å². The van der Waals surface area contributed by atoms with E-state index in [0.29, 0.717) is 42.9 Å². The monoisotopic (exact) mass is 488 g/mol. The Kier molecular flexibility index (Phi) is 7.60. The van der Waals surface area contributed by atoms with Gasteiger partial charge in [-0.3, -0.25) is 4.90 Å². The van der Waals surface area contributed by atoms with E-state index in [2.05, 4.69) is 10.2 Å². The first-order chi connectivity index (χ1) is 16.4. The first-order valence-electron chi connectivity index (χ1n) is 11.3. The first-order valence-corrected chi connectivity index (χ1v) is 12.1. The maximum absolute atomic E-state index is 14.3. The van der Waals surface area contributed by atoms with E-state index in [1.54, 1.807) is 13.0 Å². The van der Waals surface area contributed by atoms with Crippen LogP contribution in [-0.2, 0) is 16.0 Å². The number of fused-ring (bicyclic) bond motifs is 1. The normalized spacial score (nSPS) is 15.3. The molecule has 1 atom stereocenters. The number of hydrogen-bond donors (Lipinski definition) is 1. The average Bonchev–Trinajstić information content (AvgIpc) is 3.16. The molecule has 10 heteroatoms. The minimum Gasteiger partial charge on any atom is -0.494 e. The highest BCUT2D eigenvalue weighted by molar-refractivity contribution is 7.20. The summed E-state index contributed by atoms with van der Waals surface area (Å²) in [5.41, 5.74) is 1.52. The molecule has 1 fully saturated rings. The quantitative estimate of drug-likeness (QED) is 0.469. The van der Waals surface area contributed by atoms with Gasteiger partial charge in [-0.25, -0.2) is 19.2 Å². The fourth-order valence-corrected chi connectivity index (χ4v) is 5.04. The molecule has 2 aromatic heterocycles. The molecule has 34 heavy (non-hydrogen) atoms. The van der Waals surface area contributed by atoms with Gasteiger partial charge in [-0.05, 0) is 44.0 Å². The number of methoxy groups -OCH3 is 1. The Morgan fingerprint density at radius 1 is 1.32 bits per heavy atom. The number of ether oxygens (including phenoxy) is 3. The molecule has 0 aliphatic carbocycles. The molecule has 4 rings (SSSR count). The van der Waals surface area contributed by atoms with Crippen LogP contribution in [-0.4, -0.2) is 60.9 Å². The van der Waals surface area contributed by atoms with E-state index in [1.807, 2.05) is 19.9 Å². The van der Waals surface area contributed by atoms with Crippen LogP contribution in [0.3, 0.4) is 0 Å². The molecule has 0 bridgehead atoms. The minimum absolute atomic E-state index is 0.195. The lowest BCUT2D eigenvalue weighted by atomic mass is 10.1. The third-order valence-electron chi connectivity index (χ3n) is 5.80. The summed E-state index contributed by atoms with van der Waals surface area (Å²) in [6.45, 7) is 9.44. The van der Waals surface area contributed by atoms with Crippen molar-refractivity contribution < 1.29 is 23.4 Å². The molecule has 1 N–H and O–H groups in total. The topological polar surface area (TPSA) is 85.8 Å². The summed E-state index contributed by atoms with van der Waals surface area (Å²) < 4.78 is 30.0. The Hall–Kier alpha value is -2.82. The molecule has 0 radical (unpaired) electrons. The van der Waals surface area contributed by atoms with Crippen LogP contribution < -0.4 is 10.1 Å². The average molecular weight is 489 g/mol. The highest BCUT2D eigenvalue weighted by Gasteiger charge is 2.23. The number of thiophene rings is 1. The maximum Gasteiger partial charge on any atom is 0.348 e. The number of aromatic nitrogens is 2. The molecule has 1 aromatic carbocycles. The molecular weight excluding hydrogens is 459 g/mol. The van der Waals surface area contributed by atoms with E-state index < -0.39 is 5.82 Å². The number of carbonyl (C=O) groups is 1. The Morgan fingerprint density at radius 2 is 2.09 bits per heavy atom. The van der Waals surface area contributed by atoms with Crippen molar-refractivity contribution in [3.8, 4) is 5.75 Å². The molecular formula is C24H29FN4O4S. The minimum atomic E-state index is -0.425. The number of aryl methyl sites for hydroxylation is 1. The lowest BCUT2D eigenvalue weighted by Gasteiger charge is -2.26. The van der Waals surface area contributed by atoms with E-state index in [-0.39, 0.29) is 17.8 Å². The Balaban J connectivity index is 1.72. The third kappa shape index (κ3) is 5.13. The number of nitrogens with zero attached hydrogens (tertiary/aromatic N) is 3. The number of carbonyl (C=O) groups excluding carboxylic acids is 1. The predicted octanol–water partition coefficient (Wildman–Crippen LogP) is 4.33. The number of anilines is 1. The van der Waals surface area contributed by atoms with Crippen LogP contribution in [0.2, 0.25) is 0 Å². The van der Waals surface area contributed by atoms with Crippen molar-refractivity contribution in [1.82, 2.24) is 14.9 Å². The number of halogens is 1. The number of hydrogen-bond acceptors (Lipinski definition) is 9. The summed E-state index contributed by atoms with van der Waals surface area (Å²) in [7, 11) is 1.44. The second-order valence-electron chi connectivity index (χ2n) is 8.09. The SMILES string of the molecule is CCOC(=O)c1sc2nc(CN3CCOCC3)nc(N[C@@H](C)c3ccc(OC)c(F)c3)c2c1C. The van der Waals surface area contributed by atoms with Gasteiger partial charge in [-0.2, -0.15) is 0 Å². The largest absolute Gasteiger partial charge is 0.494 e. The molecule has 0 amide bonds. The zero-order chi connectivity index (χ0) is 24.2. The van der Waals surface area contributed by atoms with Gasteiger partial charge in [0.05, 0.1) is 44.9 Å². The van der Waals surface area contributed by atoms with Crippen LogP contribution in [0.25, 0.3) is 10.2 Å². The van der Waals surface area contributed by atoms with Crippen LogP contribution in [0.5, 0.6) is 5.75 Å². The summed E-state index contributed by atoms with van der Waals surface area (Å²) in [5, 5.41) is 4.20. The van der Waals surface area contributed by atoms with Gasteiger partial charge in [0.2, 0.25) is 0 Å².